The van der Waals surface area contributed by atoms with Crippen LogP contribution in [0.15, 0.2) is 0 Å². The molecule has 0 spiro atoms. The second-order valence-corrected chi connectivity index (χ2v) is 14.5. The van der Waals surface area contributed by atoms with Crippen LogP contribution in [0.5, 0.6) is 0 Å². The Labute approximate surface area is 212 Å². The van der Waals surface area contributed by atoms with E-state index in [1.165, 1.54) is 0 Å². The molecule has 6 bridgehead atoms. The minimum Gasteiger partial charge on any atom is -0.344 e. The van der Waals surface area contributed by atoms with E-state index in [1.54, 1.807) is 33.4 Å². The van der Waals surface area contributed by atoms with Gasteiger partial charge in [0.2, 0.25) is 0 Å². The smallest absolute Gasteiger partial charge is 0.163 e. The number of rotatable bonds is 0. The van der Waals surface area contributed by atoms with E-state index in [4.69, 9.17) is 28.4 Å². The number of hydrogen-bond donors (Lipinski definition) is 0. The molecule has 1 aromatic rings. The highest BCUT2D eigenvalue weighted by Gasteiger charge is 2.69. The molecule has 3 heterocycles. The highest BCUT2D eigenvalue weighted by Crippen LogP contribution is 2.73. The van der Waals surface area contributed by atoms with E-state index in [0.29, 0.717) is 35.5 Å². The zero-order chi connectivity index (χ0) is 24.3. The number of fused-ring (bicyclic) bond motifs is 27. The average Bonchev–Trinajstić information content (AvgIpc) is 3.57. The van der Waals surface area contributed by atoms with Crippen LogP contribution in [0.25, 0.3) is 0 Å². The summed E-state index contributed by atoms with van der Waals surface area (Å²) in [5.74, 6) is 1.04. The Morgan fingerprint density at radius 1 is 0.361 bits per heavy atom. The monoisotopic (exact) mass is 492 g/mol. The molecule has 1 aromatic carbocycles. The second kappa shape index (κ2) is 5.78. The third-order valence-corrected chi connectivity index (χ3v) is 11.4. The molecule has 6 heteroatoms. The molecule has 0 aromatic heterocycles. The molecular formula is C30H36O6. The molecule has 3 aliphatic heterocycles. The molecule has 12 atom stereocenters. The van der Waals surface area contributed by atoms with Crippen molar-refractivity contribution < 1.29 is 28.4 Å². The first-order valence-electron chi connectivity index (χ1n) is 14.3. The maximum Gasteiger partial charge on any atom is 0.163 e. The highest BCUT2D eigenvalue weighted by atomic mass is 16.8. The number of ether oxygens (including phenoxy) is 6. The molecule has 6 nitrogen and oxygen atoms in total. The Balaban J connectivity index is 1.22. The molecule has 6 fully saturated rings. The Kier molecular flexibility index (Phi) is 3.35. The fraction of sp³-hybridized carbons (Fsp3) is 0.800. The standard InChI is InChI=1S/C30H36O6/c1-28(2)31-22-10-7-11(23(22)32-28)17-16(10)18-12-8-14(26-24(12)33-29(3,4)35-26)20(18)21-15-9-13(19(17)21)25-27(15)36-30(5,6)34-25/h10-15,22-27H,7-9H2,1-6H3/t10-,11+,12-,13-,14+,15+,22?,23?,24?,25?,26?,27?. The van der Waals surface area contributed by atoms with Crippen molar-refractivity contribution in [1.82, 2.24) is 0 Å². The van der Waals surface area contributed by atoms with Crippen LogP contribution in [-0.2, 0) is 28.4 Å². The summed E-state index contributed by atoms with van der Waals surface area (Å²) in [7, 11) is 0. The van der Waals surface area contributed by atoms with Crippen molar-refractivity contribution in [3.63, 3.8) is 0 Å². The summed E-state index contributed by atoms with van der Waals surface area (Å²) >= 11 is 0. The topological polar surface area (TPSA) is 55.4 Å². The van der Waals surface area contributed by atoms with E-state index in [-0.39, 0.29) is 36.6 Å². The van der Waals surface area contributed by atoms with Crippen LogP contribution >= 0.6 is 0 Å². The molecular weight excluding hydrogens is 456 g/mol. The first-order chi connectivity index (χ1) is 17.0. The van der Waals surface area contributed by atoms with E-state index in [9.17, 15) is 0 Å². The van der Waals surface area contributed by atoms with Crippen LogP contribution in [0.2, 0.25) is 0 Å². The fourth-order valence-corrected chi connectivity index (χ4v) is 10.9. The Hall–Kier alpha value is -1.02. The summed E-state index contributed by atoms with van der Waals surface area (Å²) in [5.41, 5.74) is 9.74. The SMILES string of the molecule is CC1(C)OC2C(O1)[C@H]1C[C@@H]2c2c3c(c4c(c21)[C@H]1C[C@@H]4C2OC(C)(C)OC21)[C@@H]1C[C@H]3C2OC(C)(C)OC21. The lowest BCUT2D eigenvalue weighted by Gasteiger charge is -2.38. The van der Waals surface area contributed by atoms with Gasteiger partial charge in [0, 0.05) is 35.5 Å². The van der Waals surface area contributed by atoms with Gasteiger partial charge >= 0.3 is 0 Å². The summed E-state index contributed by atoms with van der Waals surface area (Å²) in [6.45, 7) is 12.5. The molecule has 192 valence electrons. The molecule has 0 radical (unpaired) electrons. The van der Waals surface area contributed by atoms with Crippen LogP contribution in [0.3, 0.4) is 0 Å². The summed E-state index contributed by atoms with van der Waals surface area (Å²) in [6, 6.07) is 0. The summed E-state index contributed by atoms with van der Waals surface area (Å²) in [6.07, 6.45) is 4.49. The van der Waals surface area contributed by atoms with Crippen LogP contribution < -0.4 is 0 Å². The van der Waals surface area contributed by atoms with Crippen molar-refractivity contribution in [2.24, 2.45) is 0 Å². The predicted octanol–water partition coefficient (Wildman–Crippen LogP) is 5.00. The third-order valence-electron chi connectivity index (χ3n) is 11.4. The van der Waals surface area contributed by atoms with E-state index in [0.717, 1.165) is 19.3 Å². The fourth-order valence-electron chi connectivity index (χ4n) is 10.9. The first-order valence-corrected chi connectivity index (χ1v) is 14.3. The van der Waals surface area contributed by atoms with E-state index < -0.39 is 17.4 Å². The van der Waals surface area contributed by atoms with Gasteiger partial charge < -0.3 is 28.4 Å². The lowest BCUT2D eigenvalue weighted by atomic mass is 9.69. The Morgan fingerprint density at radius 2 is 0.528 bits per heavy atom. The maximum atomic E-state index is 6.58. The predicted molar refractivity (Wildman–Crippen MR) is 128 cm³/mol. The number of hydrogen-bond acceptors (Lipinski definition) is 6. The Bertz CT molecular complexity index is 1010. The molecule has 0 N–H and O–H groups in total. The normalized spacial score (nSPS) is 53.5. The van der Waals surface area contributed by atoms with Crippen molar-refractivity contribution in [2.45, 2.75) is 150 Å². The molecule has 9 aliphatic rings. The summed E-state index contributed by atoms with van der Waals surface area (Å²) < 4.78 is 39.5. The molecule has 6 aliphatic carbocycles. The summed E-state index contributed by atoms with van der Waals surface area (Å²) in [4.78, 5) is 0. The van der Waals surface area contributed by atoms with Gasteiger partial charge in [-0.15, -0.1) is 0 Å². The first kappa shape index (κ1) is 20.9. The van der Waals surface area contributed by atoms with Crippen molar-refractivity contribution in [3.8, 4) is 0 Å². The van der Waals surface area contributed by atoms with Gasteiger partial charge in [-0.1, -0.05) is 0 Å². The lowest BCUT2D eigenvalue weighted by molar-refractivity contribution is -0.154. The largest absolute Gasteiger partial charge is 0.344 e. The molecule has 10 rings (SSSR count). The van der Waals surface area contributed by atoms with Gasteiger partial charge in [0.15, 0.2) is 17.4 Å². The quantitative estimate of drug-likeness (QED) is 0.508. The molecule has 0 amide bonds. The van der Waals surface area contributed by atoms with Crippen LogP contribution in [0.1, 0.15) is 130 Å². The van der Waals surface area contributed by atoms with Gasteiger partial charge in [-0.25, -0.2) is 0 Å². The second-order valence-electron chi connectivity index (χ2n) is 14.5. The molecule has 3 saturated heterocycles. The zero-order valence-corrected chi connectivity index (χ0v) is 22.0. The maximum absolute atomic E-state index is 6.58. The summed E-state index contributed by atoms with van der Waals surface area (Å²) in [5, 5.41) is 0. The van der Waals surface area contributed by atoms with Gasteiger partial charge in [0.05, 0.1) is 36.6 Å². The van der Waals surface area contributed by atoms with Gasteiger partial charge in [0.25, 0.3) is 0 Å². The molecule has 3 saturated carbocycles. The molecule has 36 heavy (non-hydrogen) atoms. The van der Waals surface area contributed by atoms with Crippen LogP contribution in [0.4, 0.5) is 0 Å². The van der Waals surface area contributed by atoms with Gasteiger partial charge in [-0.2, -0.15) is 0 Å². The van der Waals surface area contributed by atoms with Crippen molar-refractivity contribution in [2.75, 3.05) is 0 Å². The zero-order valence-electron chi connectivity index (χ0n) is 22.0. The van der Waals surface area contributed by atoms with Crippen LogP contribution in [0, 0.1) is 0 Å². The minimum atomic E-state index is -0.506. The van der Waals surface area contributed by atoms with Crippen molar-refractivity contribution in [3.05, 3.63) is 33.4 Å². The average molecular weight is 493 g/mol. The van der Waals surface area contributed by atoms with Crippen molar-refractivity contribution >= 4 is 0 Å². The highest BCUT2D eigenvalue weighted by molar-refractivity contribution is 5.69. The van der Waals surface area contributed by atoms with Gasteiger partial charge in [-0.05, 0) is 94.2 Å². The van der Waals surface area contributed by atoms with E-state index in [2.05, 4.69) is 41.5 Å². The lowest BCUT2D eigenvalue weighted by Crippen LogP contribution is -2.37. The number of benzene rings is 1. The van der Waals surface area contributed by atoms with Crippen LogP contribution in [-0.4, -0.2) is 54.0 Å². The molecule has 6 unspecified atom stereocenters. The van der Waals surface area contributed by atoms with Gasteiger partial charge in [0.1, 0.15) is 0 Å². The van der Waals surface area contributed by atoms with Crippen molar-refractivity contribution in [1.29, 1.82) is 0 Å². The minimum absolute atomic E-state index is 0.170. The van der Waals surface area contributed by atoms with E-state index in [1.807, 2.05) is 0 Å². The Morgan fingerprint density at radius 3 is 0.694 bits per heavy atom. The van der Waals surface area contributed by atoms with E-state index >= 15 is 0 Å². The third kappa shape index (κ3) is 2.16. The van der Waals surface area contributed by atoms with Gasteiger partial charge in [-0.3, -0.25) is 0 Å².